The molecule has 0 fully saturated rings. The van der Waals surface area contributed by atoms with Crippen LogP contribution >= 0.6 is 0 Å². The fraction of sp³-hybridized carbons (Fsp3) is 0.533. The lowest BCUT2D eigenvalue weighted by Gasteiger charge is -2.37. The van der Waals surface area contributed by atoms with Gasteiger partial charge in [-0.3, -0.25) is 0 Å². The predicted octanol–water partition coefficient (Wildman–Crippen LogP) is 3.05. The Kier molecular flexibility index (Phi) is 5.52. The van der Waals surface area contributed by atoms with Gasteiger partial charge in [0.05, 0.1) is 10.6 Å². The molecule has 21 heavy (non-hydrogen) atoms. The summed E-state index contributed by atoms with van der Waals surface area (Å²) in [5.41, 5.74) is 0. The lowest BCUT2D eigenvalue weighted by atomic mass is 10.2. The summed E-state index contributed by atoms with van der Waals surface area (Å²) in [5, 5.41) is -0.0786. The fourth-order valence-corrected chi connectivity index (χ4v) is 4.31. The second-order valence-corrected chi connectivity index (χ2v) is 13.4. The summed E-state index contributed by atoms with van der Waals surface area (Å²) in [6.45, 7) is 10.1. The number of carbonyl (C=O) groups is 1. The summed E-state index contributed by atoms with van der Waals surface area (Å²) in [5.74, 6) is -0.312. The van der Waals surface area contributed by atoms with Crippen LogP contribution in [-0.2, 0) is 19.1 Å². The SMILES string of the molecule is CC(C)(C)[Si](C)(C)O[C@H](C=O)CS(=O)(=O)c1ccccc1. The normalized spacial score (nSPS) is 14.7. The second-order valence-electron chi connectivity index (χ2n) is 6.65. The van der Waals surface area contributed by atoms with Crippen LogP contribution in [0.3, 0.4) is 0 Å². The fourth-order valence-electron chi connectivity index (χ4n) is 1.60. The molecule has 0 aliphatic heterocycles. The zero-order valence-corrected chi connectivity index (χ0v) is 15.1. The van der Waals surface area contributed by atoms with E-state index in [-0.39, 0.29) is 15.7 Å². The zero-order chi connectivity index (χ0) is 16.3. The van der Waals surface area contributed by atoms with Crippen molar-refractivity contribution in [1.82, 2.24) is 0 Å². The summed E-state index contributed by atoms with van der Waals surface area (Å²) in [4.78, 5) is 11.5. The molecule has 0 N–H and O–H groups in total. The summed E-state index contributed by atoms with van der Waals surface area (Å²) in [6, 6.07) is 8.14. The number of hydrogen-bond acceptors (Lipinski definition) is 4. The molecular formula is C15H24O4SSi. The van der Waals surface area contributed by atoms with Gasteiger partial charge in [-0.2, -0.15) is 0 Å². The Morgan fingerprint density at radius 3 is 2.14 bits per heavy atom. The van der Waals surface area contributed by atoms with Crippen LogP contribution in [0.15, 0.2) is 35.2 Å². The molecule has 6 heteroatoms. The maximum Gasteiger partial charge on any atom is 0.193 e. The molecule has 1 aromatic rings. The maximum atomic E-state index is 12.3. The van der Waals surface area contributed by atoms with E-state index < -0.39 is 24.3 Å². The zero-order valence-electron chi connectivity index (χ0n) is 13.3. The lowest BCUT2D eigenvalue weighted by molar-refractivity contribution is -0.113. The topological polar surface area (TPSA) is 60.4 Å². The van der Waals surface area contributed by atoms with Crippen LogP contribution in [0.5, 0.6) is 0 Å². The van der Waals surface area contributed by atoms with Crippen molar-refractivity contribution >= 4 is 24.4 Å². The Balaban J connectivity index is 2.92. The van der Waals surface area contributed by atoms with Gasteiger partial charge in [-0.15, -0.1) is 0 Å². The molecule has 0 amide bonds. The monoisotopic (exact) mass is 328 g/mol. The highest BCUT2D eigenvalue weighted by molar-refractivity contribution is 7.91. The van der Waals surface area contributed by atoms with E-state index in [1.807, 2.05) is 33.9 Å². The average Bonchev–Trinajstić information content (AvgIpc) is 2.37. The van der Waals surface area contributed by atoms with E-state index in [4.69, 9.17) is 4.43 Å². The van der Waals surface area contributed by atoms with Crippen LogP contribution in [0, 0.1) is 0 Å². The molecule has 0 bridgehead atoms. The largest absolute Gasteiger partial charge is 0.406 e. The van der Waals surface area contributed by atoms with Gasteiger partial charge in [-0.25, -0.2) is 8.42 Å². The van der Waals surface area contributed by atoms with Gasteiger partial charge in [0.1, 0.15) is 12.4 Å². The van der Waals surface area contributed by atoms with E-state index in [1.165, 1.54) is 12.1 Å². The van der Waals surface area contributed by atoms with Gasteiger partial charge < -0.3 is 9.22 Å². The van der Waals surface area contributed by atoms with Gasteiger partial charge in [0.2, 0.25) is 0 Å². The van der Waals surface area contributed by atoms with Gasteiger partial charge in [0, 0.05) is 0 Å². The average molecular weight is 329 g/mol. The number of carbonyl (C=O) groups excluding carboxylic acids is 1. The van der Waals surface area contributed by atoms with Gasteiger partial charge in [0.25, 0.3) is 0 Å². The highest BCUT2D eigenvalue weighted by atomic mass is 32.2. The van der Waals surface area contributed by atoms with Gasteiger partial charge in [0.15, 0.2) is 18.2 Å². The third-order valence-corrected chi connectivity index (χ3v) is 10.2. The molecule has 1 rings (SSSR count). The third kappa shape index (κ3) is 4.76. The van der Waals surface area contributed by atoms with Crippen LogP contribution in [0.4, 0.5) is 0 Å². The summed E-state index contributed by atoms with van der Waals surface area (Å²) >= 11 is 0. The minimum atomic E-state index is -3.52. The molecule has 0 saturated carbocycles. The molecule has 0 aliphatic rings. The molecule has 1 aromatic carbocycles. The van der Waals surface area contributed by atoms with E-state index in [2.05, 4.69) is 0 Å². The third-order valence-electron chi connectivity index (χ3n) is 3.89. The maximum absolute atomic E-state index is 12.3. The minimum absolute atomic E-state index is 0.0786. The van der Waals surface area contributed by atoms with E-state index in [1.54, 1.807) is 18.2 Å². The number of aldehydes is 1. The molecule has 0 saturated heterocycles. The van der Waals surface area contributed by atoms with Crippen molar-refractivity contribution in [3.8, 4) is 0 Å². The highest BCUT2D eigenvalue weighted by Crippen LogP contribution is 2.37. The van der Waals surface area contributed by atoms with Crippen molar-refractivity contribution in [2.45, 2.75) is 49.9 Å². The molecule has 0 radical (unpaired) electrons. The Bertz CT molecular complexity index is 573. The van der Waals surface area contributed by atoms with Gasteiger partial charge in [-0.1, -0.05) is 39.0 Å². The van der Waals surface area contributed by atoms with Crippen LogP contribution in [0.2, 0.25) is 18.1 Å². The van der Waals surface area contributed by atoms with Gasteiger partial charge >= 0.3 is 0 Å². The Morgan fingerprint density at radius 1 is 1.19 bits per heavy atom. The molecule has 4 nitrogen and oxygen atoms in total. The smallest absolute Gasteiger partial charge is 0.193 e. The molecular weight excluding hydrogens is 304 g/mol. The van der Waals surface area contributed by atoms with E-state index >= 15 is 0 Å². The van der Waals surface area contributed by atoms with Crippen LogP contribution < -0.4 is 0 Å². The first-order valence-corrected chi connectivity index (χ1v) is 11.5. The van der Waals surface area contributed by atoms with Gasteiger partial charge in [-0.05, 0) is 30.3 Å². The van der Waals surface area contributed by atoms with Crippen molar-refractivity contribution in [3.05, 3.63) is 30.3 Å². The van der Waals surface area contributed by atoms with Crippen LogP contribution in [0.25, 0.3) is 0 Å². The second kappa shape index (κ2) is 6.42. The first-order chi connectivity index (χ1) is 9.49. The van der Waals surface area contributed by atoms with Crippen LogP contribution in [0.1, 0.15) is 20.8 Å². The van der Waals surface area contributed by atoms with Crippen molar-refractivity contribution < 1.29 is 17.6 Å². The molecule has 0 heterocycles. The summed E-state index contributed by atoms with van der Waals surface area (Å²) in [7, 11) is -5.71. The molecule has 0 unspecified atom stereocenters. The van der Waals surface area contributed by atoms with Crippen LogP contribution in [-0.4, -0.2) is 34.9 Å². The Labute approximate surface area is 128 Å². The van der Waals surface area contributed by atoms with Crippen molar-refractivity contribution in [1.29, 1.82) is 0 Å². The summed E-state index contributed by atoms with van der Waals surface area (Å²) in [6.07, 6.45) is -0.322. The number of hydrogen-bond donors (Lipinski definition) is 0. The molecule has 0 aliphatic carbocycles. The standard InChI is InChI=1S/C15H24O4SSi/c1-15(2,3)21(4,5)19-13(11-16)12-20(17,18)14-9-7-6-8-10-14/h6-11,13H,12H2,1-5H3/t13-/m1/s1. The Hall–Kier alpha value is -0.983. The molecule has 118 valence electrons. The van der Waals surface area contributed by atoms with Crippen molar-refractivity contribution in [2.24, 2.45) is 0 Å². The lowest BCUT2D eigenvalue weighted by Crippen LogP contribution is -2.46. The van der Waals surface area contributed by atoms with E-state index in [0.29, 0.717) is 6.29 Å². The molecule has 0 spiro atoms. The predicted molar refractivity (Wildman–Crippen MR) is 86.6 cm³/mol. The number of sulfone groups is 1. The van der Waals surface area contributed by atoms with Crippen molar-refractivity contribution in [3.63, 3.8) is 0 Å². The highest BCUT2D eigenvalue weighted by Gasteiger charge is 2.40. The first-order valence-electron chi connectivity index (χ1n) is 6.90. The molecule has 0 aromatic heterocycles. The van der Waals surface area contributed by atoms with E-state index in [0.717, 1.165) is 0 Å². The van der Waals surface area contributed by atoms with Crippen molar-refractivity contribution in [2.75, 3.05) is 5.75 Å². The number of rotatable bonds is 6. The summed E-state index contributed by atoms with van der Waals surface area (Å²) < 4.78 is 30.5. The van der Waals surface area contributed by atoms with E-state index in [9.17, 15) is 13.2 Å². The minimum Gasteiger partial charge on any atom is -0.406 e. The quantitative estimate of drug-likeness (QED) is 0.595. The molecule has 1 atom stereocenters. The number of benzene rings is 1. The Morgan fingerprint density at radius 2 is 1.71 bits per heavy atom. The first kappa shape index (κ1) is 18.1.